The van der Waals surface area contributed by atoms with Gasteiger partial charge in [0.25, 0.3) is 5.91 Å². The summed E-state index contributed by atoms with van der Waals surface area (Å²) in [5.74, 6) is -0.348. The van der Waals surface area contributed by atoms with Gasteiger partial charge in [0.15, 0.2) is 0 Å². The summed E-state index contributed by atoms with van der Waals surface area (Å²) in [4.78, 5) is 30.3. The predicted octanol–water partition coefficient (Wildman–Crippen LogP) is 1.74. The Balaban J connectivity index is 1.73. The molecule has 3 rings (SSSR count). The highest BCUT2D eigenvalue weighted by Crippen LogP contribution is 2.15. The molecule has 1 aliphatic rings. The molecule has 0 spiro atoms. The third-order valence-corrected chi connectivity index (χ3v) is 4.59. The quantitative estimate of drug-likeness (QED) is 0.829. The zero-order valence-electron chi connectivity index (χ0n) is 13.5. The summed E-state index contributed by atoms with van der Waals surface area (Å²) in [5.41, 5.74) is 0.580. The molecule has 1 amide bonds. The molecule has 0 bridgehead atoms. The van der Waals surface area contributed by atoms with Gasteiger partial charge in [-0.2, -0.15) is 0 Å². The van der Waals surface area contributed by atoms with Crippen molar-refractivity contribution >= 4 is 32.7 Å². The number of rotatable bonds is 4. The molecule has 0 saturated carbocycles. The van der Waals surface area contributed by atoms with Crippen molar-refractivity contribution in [2.45, 2.75) is 13.0 Å². The van der Waals surface area contributed by atoms with Crippen molar-refractivity contribution in [1.29, 1.82) is 0 Å². The largest absolute Gasteiger partial charge is 0.379 e. The smallest absolute Gasteiger partial charge is 0.257 e. The summed E-state index contributed by atoms with van der Waals surface area (Å²) in [6.07, 6.45) is 1.48. The molecule has 1 aliphatic heterocycles. The summed E-state index contributed by atoms with van der Waals surface area (Å²) in [6, 6.07) is 5.34. The van der Waals surface area contributed by atoms with E-state index in [9.17, 15) is 9.59 Å². The number of amides is 1. The van der Waals surface area contributed by atoms with E-state index in [4.69, 9.17) is 4.74 Å². The zero-order chi connectivity index (χ0) is 17.1. The minimum Gasteiger partial charge on any atom is -0.379 e. The van der Waals surface area contributed by atoms with E-state index in [0.717, 1.165) is 37.3 Å². The maximum atomic E-state index is 12.6. The van der Waals surface area contributed by atoms with E-state index in [2.05, 4.69) is 31.1 Å². The number of hydrogen-bond acceptors (Lipinski definition) is 4. The van der Waals surface area contributed by atoms with Crippen LogP contribution < -0.4 is 10.7 Å². The molecular weight excluding hydrogens is 374 g/mol. The second-order valence-corrected chi connectivity index (χ2v) is 6.92. The molecule has 1 atom stereocenters. The van der Waals surface area contributed by atoms with Crippen LogP contribution in [0.15, 0.2) is 33.7 Å². The highest BCUT2D eigenvalue weighted by molar-refractivity contribution is 9.10. The average molecular weight is 394 g/mol. The number of halogens is 1. The lowest BCUT2D eigenvalue weighted by Gasteiger charge is -2.29. The molecule has 2 heterocycles. The van der Waals surface area contributed by atoms with Crippen LogP contribution in [0.5, 0.6) is 0 Å². The molecule has 2 aromatic rings. The first kappa shape index (κ1) is 17.1. The number of pyridine rings is 1. The minimum absolute atomic E-state index is 0.0480. The normalized spacial score (nSPS) is 16.9. The standard InChI is InChI=1S/C17H20BrN3O3/c1-11(10-21-4-6-24-7-5-21)20-17(23)14-9-19-15-3-2-12(18)8-13(15)16(14)22/h2-3,8-9,11H,4-7,10H2,1H3,(H,19,22)(H,20,23). The highest BCUT2D eigenvalue weighted by Gasteiger charge is 2.18. The Morgan fingerprint density at radius 2 is 2.17 bits per heavy atom. The Labute approximate surface area is 148 Å². The molecule has 1 fully saturated rings. The van der Waals surface area contributed by atoms with E-state index in [1.165, 1.54) is 6.20 Å². The van der Waals surface area contributed by atoms with E-state index in [1.807, 2.05) is 19.1 Å². The van der Waals surface area contributed by atoms with Gasteiger partial charge in [-0.15, -0.1) is 0 Å². The molecule has 0 radical (unpaired) electrons. The fraction of sp³-hybridized carbons (Fsp3) is 0.412. The number of fused-ring (bicyclic) bond motifs is 1. The molecule has 1 aromatic heterocycles. The van der Waals surface area contributed by atoms with Crippen molar-refractivity contribution in [2.24, 2.45) is 0 Å². The molecule has 128 valence electrons. The van der Waals surface area contributed by atoms with Crippen molar-refractivity contribution < 1.29 is 9.53 Å². The number of nitrogens with one attached hydrogen (secondary N) is 2. The number of morpholine rings is 1. The van der Waals surface area contributed by atoms with Gasteiger partial charge < -0.3 is 15.0 Å². The van der Waals surface area contributed by atoms with Gasteiger partial charge in [-0.25, -0.2) is 0 Å². The number of aromatic amines is 1. The Kier molecular flexibility index (Phi) is 5.33. The van der Waals surface area contributed by atoms with Crippen LogP contribution in [0.1, 0.15) is 17.3 Å². The summed E-state index contributed by atoms with van der Waals surface area (Å²) < 4.78 is 6.12. The van der Waals surface area contributed by atoms with Crippen LogP contribution in [0, 0.1) is 0 Å². The van der Waals surface area contributed by atoms with E-state index >= 15 is 0 Å². The van der Waals surface area contributed by atoms with Crippen LogP contribution in [0.4, 0.5) is 0 Å². The SMILES string of the molecule is CC(CN1CCOCC1)NC(=O)c1c[nH]c2ccc(Br)cc2c1=O. The molecule has 1 unspecified atom stereocenters. The number of H-pyrrole nitrogens is 1. The van der Waals surface area contributed by atoms with Crippen LogP contribution in [0.25, 0.3) is 10.9 Å². The zero-order valence-corrected chi connectivity index (χ0v) is 15.1. The fourth-order valence-electron chi connectivity index (χ4n) is 2.88. The second kappa shape index (κ2) is 7.46. The Hall–Kier alpha value is -1.70. The van der Waals surface area contributed by atoms with E-state index in [1.54, 1.807) is 6.07 Å². The van der Waals surface area contributed by atoms with Crippen LogP contribution in [-0.4, -0.2) is 54.7 Å². The van der Waals surface area contributed by atoms with Gasteiger partial charge in [-0.05, 0) is 25.1 Å². The van der Waals surface area contributed by atoms with Gasteiger partial charge >= 0.3 is 0 Å². The highest BCUT2D eigenvalue weighted by atomic mass is 79.9. The lowest BCUT2D eigenvalue weighted by atomic mass is 10.1. The summed E-state index contributed by atoms with van der Waals surface area (Å²) >= 11 is 3.35. The first-order valence-electron chi connectivity index (χ1n) is 7.96. The maximum absolute atomic E-state index is 12.6. The number of ether oxygens (including phenoxy) is 1. The van der Waals surface area contributed by atoms with Crippen LogP contribution in [0.3, 0.4) is 0 Å². The van der Waals surface area contributed by atoms with Gasteiger partial charge in [-0.1, -0.05) is 15.9 Å². The first-order chi connectivity index (χ1) is 11.5. The second-order valence-electron chi connectivity index (χ2n) is 6.01. The van der Waals surface area contributed by atoms with E-state index < -0.39 is 0 Å². The van der Waals surface area contributed by atoms with Crippen molar-refractivity contribution in [3.05, 3.63) is 44.7 Å². The van der Waals surface area contributed by atoms with Crippen LogP contribution in [-0.2, 0) is 4.74 Å². The Bertz CT molecular complexity index is 799. The number of carbonyl (C=O) groups excluding carboxylic acids is 1. The van der Waals surface area contributed by atoms with Crippen LogP contribution in [0.2, 0.25) is 0 Å². The Morgan fingerprint density at radius 1 is 1.42 bits per heavy atom. The molecule has 1 aromatic carbocycles. The third kappa shape index (κ3) is 3.85. The van der Waals surface area contributed by atoms with Crippen molar-refractivity contribution in [2.75, 3.05) is 32.8 Å². The molecule has 24 heavy (non-hydrogen) atoms. The molecule has 7 heteroatoms. The van der Waals surface area contributed by atoms with Gasteiger partial charge in [0.2, 0.25) is 5.43 Å². The van der Waals surface area contributed by atoms with Gasteiger partial charge in [0.05, 0.1) is 13.2 Å². The van der Waals surface area contributed by atoms with Gasteiger partial charge in [0, 0.05) is 47.2 Å². The number of nitrogens with zero attached hydrogens (tertiary/aromatic N) is 1. The Morgan fingerprint density at radius 3 is 2.92 bits per heavy atom. The van der Waals surface area contributed by atoms with E-state index in [0.29, 0.717) is 10.9 Å². The molecule has 0 aliphatic carbocycles. The lowest BCUT2D eigenvalue weighted by Crippen LogP contribution is -2.46. The third-order valence-electron chi connectivity index (χ3n) is 4.10. The molecular formula is C17H20BrN3O3. The van der Waals surface area contributed by atoms with Crippen molar-refractivity contribution in [1.82, 2.24) is 15.2 Å². The van der Waals surface area contributed by atoms with E-state index in [-0.39, 0.29) is 22.9 Å². The lowest BCUT2D eigenvalue weighted by molar-refractivity contribution is 0.0342. The number of aromatic nitrogens is 1. The topological polar surface area (TPSA) is 74.4 Å². The average Bonchev–Trinajstić information content (AvgIpc) is 2.56. The molecule has 2 N–H and O–H groups in total. The van der Waals surface area contributed by atoms with Gasteiger partial charge in [0.1, 0.15) is 5.56 Å². The maximum Gasteiger partial charge on any atom is 0.257 e. The molecule has 1 saturated heterocycles. The van der Waals surface area contributed by atoms with Crippen molar-refractivity contribution in [3.8, 4) is 0 Å². The molecule has 6 nitrogen and oxygen atoms in total. The number of carbonyl (C=O) groups is 1. The first-order valence-corrected chi connectivity index (χ1v) is 8.76. The number of benzene rings is 1. The van der Waals surface area contributed by atoms with Gasteiger partial charge in [-0.3, -0.25) is 14.5 Å². The fourth-order valence-corrected chi connectivity index (χ4v) is 3.24. The monoisotopic (exact) mass is 393 g/mol. The van der Waals surface area contributed by atoms with Crippen LogP contribution >= 0.6 is 15.9 Å². The summed E-state index contributed by atoms with van der Waals surface area (Å²) in [5, 5.41) is 3.41. The van der Waals surface area contributed by atoms with Crippen molar-refractivity contribution in [3.63, 3.8) is 0 Å². The number of hydrogen-bond donors (Lipinski definition) is 2. The predicted molar refractivity (Wildman–Crippen MR) is 96.5 cm³/mol. The summed E-state index contributed by atoms with van der Waals surface area (Å²) in [7, 11) is 0. The minimum atomic E-state index is -0.348. The summed E-state index contributed by atoms with van der Waals surface area (Å²) in [6.45, 7) is 5.86.